The molecule has 0 fully saturated rings. The lowest BCUT2D eigenvalue weighted by molar-refractivity contribution is 0.512. The van der Waals surface area contributed by atoms with E-state index in [0.29, 0.717) is 0 Å². The van der Waals surface area contributed by atoms with Crippen LogP contribution in [-0.4, -0.2) is 9.78 Å². The van der Waals surface area contributed by atoms with Crippen molar-refractivity contribution in [2.45, 2.75) is 13.0 Å². The van der Waals surface area contributed by atoms with Crippen LogP contribution in [0.5, 0.6) is 0 Å². The van der Waals surface area contributed by atoms with Crippen molar-refractivity contribution in [2.24, 2.45) is 12.9 Å². The van der Waals surface area contributed by atoms with E-state index in [1.807, 2.05) is 20.0 Å². The van der Waals surface area contributed by atoms with E-state index >= 15 is 0 Å². The zero-order chi connectivity index (χ0) is 11.7. The molecule has 0 saturated carbocycles. The van der Waals surface area contributed by atoms with Crippen molar-refractivity contribution >= 4 is 15.9 Å². The maximum absolute atomic E-state index is 5.61. The molecule has 0 aromatic carbocycles. The normalized spacial score (nSPS) is 13.0. The third-order valence-electron chi connectivity index (χ3n) is 2.59. The second kappa shape index (κ2) is 4.40. The quantitative estimate of drug-likeness (QED) is 0.664. The molecule has 2 aromatic rings. The van der Waals surface area contributed by atoms with Gasteiger partial charge in [-0.25, -0.2) is 5.43 Å². The van der Waals surface area contributed by atoms with Gasteiger partial charge < -0.3 is 4.42 Å². The number of hydrogen-bond donors (Lipinski definition) is 2. The second-order valence-corrected chi connectivity index (χ2v) is 4.39. The molecule has 0 saturated heterocycles. The monoisotopic (exact) mass is 284 g/mol. The number of nitrogens with two attached hydrogens (primary N) is 1. The van der Waals surface area contributed by atoms with Gasteiger partial charge in [0.1, 0.15) is 5.76 Å². The summed E-state index contributed by atoms with van der Waals surface area (Å²) < 4.78 is 7.98. The summed E-state index contributed by atoms with van der Waals surface area (Å²) in [5.41, 5.74) is 4.75. The minimum atomic E-state index is -0.138. The first kappa shape index (κ1) is 11.4. The van der Waals surface area contributed by atoms with Crippen LogP contribution in [0.2, 0.25) is 0 Å². The Morgan fingerprint density at radius 2 is 2.38 bits per heavy atom. The standard InChI is InChI=1S/C10H13BrN4O/c1-6-7(3-4-16-6)9(14-12)10-8(11)5-13-15(10)2/h3-5,9,14H,12H2,1-2H3. The number of nitrogens with one attached hydrogen (secondary N) is 1. The molecular formula is C10H13BrN4O. The van der Waals surface area contributed by atoms with Crippen LogP contribution in [0.1, 0.15) is 23.1 Å². The molecule has 0 spiro atoms. The second-order valence-electron chi connectivity index (χ2n) is 3.53. The molecule has 16 heavy (non-hydrogen) atoms. The number of aryl methyl sites for hydroxylation is 2. The number of rotatable bonds is 3. The first-order valence-corrected chi connectivity index (χ1v) is 5.62. The molecule has 1 atom stereocenters. The topological polar surface area (TPSA) is 69.0 Å². The van der Waals surface area contributed by atoms with Crippen LogP contribution < -0.4 is 11.3 Å². The van der Waals surface area contributed by atoms with Crippen LogP contribution in [0.3, 0.4) is 0 Å². The van der Waals surface area contributed by atoms with Crippen LogP contribution >= 0.6 is 15.9 Å². The SMILES string of the molecule is Cc1occc1C(NN)c1c(Br)cnn1C. The number of halogens is 1. The Kier molecular flexibility index (Phi) is 3.13. The average molecular weight is 285 g/mol. The van der Waals surface area contributed by atoms with E-state index in [2.05, 4.69) is 26.5 Å². The highest BCUT2D eigenvalue weighted by Gasteiger charge is 2.22. The van der Waals surface area contributed by atoms with Gasteiger partial charge in [0, 0.05) is 12.6 Å². The summed E-state index contributed by atoms with van der Waals surface area (Å²) in [6, 6.07) is 1.76. The van der Waals surface area contributed by atoms with Gasteiger partial charge in [0.15, 0.2) is 0 Å². The maximum atomic E-state index is 5.61. The number of nitrogens with zero attached hydrogens (tertiary/aromatic N) is 2. The number of furan rings is 1. The zero-order valence-electron chi connectivity index (χ0n) is 9.07. The highest BCUT2D eigenvalue weighted by atomic mass is 79.9. The Labute approximate surface area is 102 Å². The molecule has 0 radical (unpaired) electrons. The number of hydrazine groups is 1. The van der Waals surface area contributed by atoms with E-state index in [1.165, 1.54) is 0 Å². The van der Waals surface area contributed by atoms with E-state index in [0.717, 1.165) is 21.5 Å². The van der Waals surface area contributed by atoms with E-state index in [1.54, 1.807) is 17.1 Å². The minimum absolute atomic E-state index is 0.138. The van der Waals surface area contributed by atoms with Crippen molar-refractivity contribution < 1.29 is 4.42 Å². The molecule has 6 heteroatoms. The molecule has 5 nitrogen and oxygen atoms in total. The number of aromatic nitrogens is 2. The lowest BCUT2D eigenvalue weighted by Crippen LogP contribution is -2.30. The van der Waals surface area contributed by atoms with Crippen molar-refractivity contribution in [3.05, 3.63) is 40.0 Å². The Balaban J connectivity index is 2.49. The minimum Gasteiger partial charge on any atom is -0.469 e. The average Bonchev–Trinajstić information content (AvgIpc) is 2.80. The molecule has 0 aliphatic rings. The molecule has 0 bridgehead atoms. The van der Waals surface area contributed by atoms with Crippen molar-refractivity contribution in [3.63, 3.8) is 0 Å². The highest BCUT2D eigenvalue weighted by molar-refractivity contribution is 9.10. The molecule has 2 rings (SSSR count). The Bertz CT molecular complexity index is 471. The van der Waals surface area contributed by atoms with Gasteiger partial charge in [-0.15, -0.1) is 0 Å². The lowest BCUT2D eigenvalue weighted by Gasteiger charge is -2.16. The molecule has 0 aliphatic heterocycles. The third-order valence-corrected chi connectivity index (χ3v) is 3.20. The lowest BCUT2D eigenvalue weighted by atomic mass is 10.1. The number of hydrogen-bond acceptors (Lipinski definition) is 4. The van der Waals surface area contributed by atoms with E-state index in [-0.39, 0.29) is 6.04 Å². The van der Waals surface area contributed by atoms with E-state index < -0.39 is 0 Å². The Hall–Kier alpha value is -1.11. The first-order chi connectivity index (χ1) is 7.65. The molecule has 0 amide bonds. The Morgan fingerprint density at radius 3 is 2.81 bits per heavy atom. The first-order valence-electron chi connectivity index (χ1n) is 4.82. The fraction of sp³-hybridized carbons (Fsp3) is 0.300. The molecule has 2 heterocycles. The highest BCUT2D eigenvalue weighted by Crippen LogP contribution is 2.29. The van der Waals surface area contributed by atoms with Crippen LogP contribution in [-0.2, 0) is 7.05 Å². The molecule has 1 unspecified atom stereocenters. The van der Waals surface area contributed by atoms with Crippen molar-refractivity contribution in [3.8, 4) is 0 Å². The third kappa shape index (κ3) is 1.79. The fourth-order valence-corrected chi connectivity index (χ4v) is 2.33. The van der Waals surface area contributed by atoms with Crippen LogP contribution in [0.15, 0.2) is 27.4 Å². The maximum Gasteiger partial charge on any atom is 0.105 e. The van der Waals surface area contributed by atoms with Gasteiger partial charge in [-0.1, -0.05) is 0 Å². The van der Waals surface area contributed by atoms with Crippen LogP contribution in [0, 0.1) is 6.92 Å². The van der Waals surface area contributed by atoms with Crippen LogP contribution in [0.25, 0.3) is 0 Å². The summed E-state index contributed by atoms with van der Waals surface area (Å²) in [5.74, 6) is 6.45. The van der Waals surface area contributed by atoms with Crippen molar-refractivity contribution in [1.29, 1.82) is 0 Å². The molecule has 0 aliphatic carbocycles. The summed E-state index contributed by atoms with van der Waals surface area (Å²) in [6.45, 7) is 1.91. The van der Waals surface area contributed by atoms with Gasteiger partial charge in [-0.2, -0.15) is 5.10 Å². The fourth-order valence-electron chi connectivity index (χ4n) is 1.76. The van der Waals surface area contributed by atoms with Gasteiger partial charge in [-0.3, -0.25) is 10.5 Å². The van der Waals surface area contributed by atoms with Gasteiger partial charge in [0.25, 0.3) is 0 Å². The van der Waals surface area contributed by atoms with Gasteiger partial charge in [0.2, 0.25) is 0 Å². The molecular weight excluding hydrogens is 272 g/mol. The van der Waals surface area contributed by atoms with Crippen LogP contribution in [0.4, 0.5) is 0 Å². The summed E-state index contributed by atoms with van der Waals surface area (Å²) in [6.07, 6.45) is 3.40. The summed E-state index contributed by atoms with van der Waals surface area (Å²) >= 11 is 3.46. The smallest absolute Gasteiger partial charge is 0.105 e. The molecule has 3 N–H and O–H groups in total. The van der Waals surface area contributed by atoms with E-state index in [9.17, 15) is 0 Å². The van der Waals surface area contributed by atoms with E-state index in [4.69, 9.17) is 10.3 Å². The summed E-state index contributed by atoms with van der Waals surface area (Å²) in [7, 11) is 1.87. The summed E-state index contributed by atoms with van der Waals surface area (Å²) in [5, 5.41) is 4.17. The molecule has 2 aromatic heterocycles. The summed E-state index contributed by atoms with van der Waals surface area (Å²) in [4.78, 5) is 0. The van der Waals surface area contributed by atoms with Crippen molar-refractivity contribution in [1.82, 2.24) is 15.2 Å². The molecule has 86 valence electrons. The van der Waals surface area contributed by atoms with Gasteiger partial charge >= 0.3 is 0 Å². The largest absolute Gasteiger partial charge is 0.469 e. The van der Waals surface area contributed by atoms with Gasteiger partial charge in [-0.05, 0) is 28.9 Å². The van der Waals surface area contributed by atoms with Crippen molar-refractivity contribution in [2.75, 3.05) is 0 Å². The Morgan fingerprint density at radius 1 is 1.62 bits per heavy atom. The predicted molar refractivity (Wildman–Crippen MR) is 63.5 cm³/mol. The zero-order valence-corrected chi connectivity index (χ0v) is 10.7. The predicted octanol–water partition coefficient (Wildman–Crippen LogP) is 1.64. The van der Waals surface area contributed by atoms with Gasteiger partial charge in [0.05, 0.1) is 28.7 Å².